The van der Waals surface area contributed by atoms with Crippen molar-refractivity contribution in [2.45, 2.75) is 25.7 Å². The molecule has 0 spiro atoms. The average molecular weight is 325 g/mol. The van der Waals surface area contributed by atoms with Crippen molar-refractivity contribution in [3.05, 3.63) is 59.2 Å². The minimum absolute atomic E-state index is 0.0569. The van der Waals surface area contributed by atoms with E-state index in [0.29, 0.717) is 6.54 Å². The number of carbonyl (C=O) groups excluding carboxylic acids is 1. The fraction of sp³-hybridized carbons (Fsp3) is 0.350. The molecule has 24 heavy (non-hydrogen) atoms. The van der Waals surface area contributed by atoms with Gasteiger partial charge in [-0.15, -0.1) is 0 Å². The molecule has 2 aromatic carbocycles. The van der Waals surface area contributed by atoms with Crippen molar-refractivity contribution in [1.82, 2.24) is 5.32 Å². The van der Waals surface area contributed by atoms with Crippen LogP contribution in [0.15, 0.2) is 42.5 Å². The molecule has 0 bridgehead atoms. The summed E-state index contributed by atoms with van der Waals surface area (Å²) in [6, 6.07) is 14.0. The number of aryl methyl sites for hydroxylation is 2. The van der Waals surface area contributed by atoms with E-state index >= 15 is 0 Å². The van der Waals surface area contributed by atoms with Crippen LogP contribution >= 0.6 is 0 Å². The Labute approximate surface area is 142 Å². The highest BCUT2D eigenvalue weighted by molar-refractivity contribution is 5.77. The number of nitrogens with one attached hydrogen (secondary N) is 1. The number of hydrogen-bond acceptors (Lipinski definition) is 3. The summed E-state index contributed by atoms with van der Waals surface area (Å²) in [7, 11) is 1.65. The number of benzene rings is 2. The molecule has 0 radical (unpaired) electrons. The third-order valence-electron chi connectivity index (χ3n) is 4.33. The second-order valence-electron chi connectivity index (χ2n) is 6.02. The SMILES string of the molecule is COc1ccc(CCNC(=O)COc2ccc3c(c2)CCC3)cc1. The first-order valence-corrected chi connectivity index (χ1v) is 8.39. The van der Waals surface area contributed by atoms with Gasteiger partial charge in [-0.25, -0.2) is 0 Å². The van der Waals surface area contributed by atoms with Crippen molar-refractivity contribution in [2.24, 2.45) is 0 Å². The van der Waals surface area contributed by atoms with Gasteiger partial charge in [-0.1, -0.05) is 18.2 Å². The summed E-state index contributed by atoms with van der Waals surface area (Å²) in [5.41, 5.74) is 3.93. The van der Waals surface area contributed by atoms with Gasteiger partial charge in [-0.2, -0.15) is 0 Å². The molecule has 1 N–H and O–H groups in total. The zero-order valence-electron chi connectivity index (χ0n) is 14.0. The maximum absolute atomic E-state index is 11.9. The third-order valence-corrected chi connectivity index (χ3v) is 4.33. The lowest BCUT2D eigenvalue weighted by molar-refractivity contribution is -0.123. The highest BCUT2D eigenvalue weighted by Gasteiger charge is 2.11. The molecule has 126 valence electrons. The van der Waals surface area contributed by atoms with Gasteiger partial charge in [-0.05, 0) is 66.6 Å². The van der Waals surface area contributed by atoms with Gasteiger partial charge in [0.05, 0.1) is 7.11 Å². The van der Waals surface area contributed by atoms with Crippen molar-refractivity contribution >= 4 is 5.91 Å². The molecular weight excluding hydrogens is 302 g/mol. The van der Waals surface area contributed by atoms with Gasteiger partial charge in [0, 0.05) is 6.54 Å². The number of hydrogen-bond donors (Lipinski definition) is 1. The Kier molecular flexibility index (Phi) is 5.36. The monoisotopic (exact) mass is 325 g/mol. The first kappa shape index (κ1) is 16.4. The Bertz CT molecular complexity index is 695. The van der Waals surface area contributed by atoms with Crippen LogP contribution in [0.2, 0.25) is 0 Å². The van der Waals surface area contributed by atoms with Crippen molar-refractivity contribution < 1.29 is 14.3 Å². The summed E-state index contributed by atoms with van der Waals surface area (Å²) in [6.07, 6.45) is 4.27. The van der Waals surface area contributed by atoms with Gasteiger partial charge in [-0.3, -0.25) is 4.79 Å². The van der Waals surface area contributed by atoms with Gasteiger partial charge in [0.25, 0.3) is 5.91 Å². The van der Waals surface area contributed by atoms with E-state index in [9.17, 15) is 4.79 Å². The number of methoxy groups -OCH3 is 1. The van der Waals surface area contributed by atoms with Crippen LogP contribution in [-0.4, -0.2) is 26.2 Å². The van der Waals surface area contributed by atoms with E-state index in [4.69, 9.17) is 9.47 Å². The molecule has 4 nitrogen and oxygen atoms in total. The lowest BCUT2D eigenvalue weighted by Gasteiger charge is -2.09. The molecule has 2 aromatic rings. The van der Waals surface area contributed by atoms with Crippen LogP contribution in [0.1, 0.15) is 23.1 Å². The van der Waals surface area contributed by atoms with Crippen LogP contribution in [0.25, 0.3) is 0 Å². The summed E-state index contributed by atoms with van der Waals surface area (Å²) in [4.78, 5) is 11.9. The molecule has 0 unspecified atom stereocenters. The molecular formula is C20H23NO3. The molecule has 0 fully saturated rings. The van der Waals surface area contributed by atoms with E-state index < -0.39 is 0 Å². The molecule has 3 rings (SSSR count). The maximum Gasteiger partial charge on any atom is 0.257 e. The minimum Gasteiger partial charge on any atom is -0.497 e. The Balaban J connectivity index is 1.39. The van der Waals surface area contributed by atoms with E-state index in [1.54, 1.807) is 7.11 Å². The zero-order chi connectivity index (χ0) is 16.8. The fourth-order valence-electron chi connectivity index (χ4n) is 2.98. The lowest BCUT2D eigenvalue weighted by Crippen LogP contribution is -2.30. The van der Waals surface area contributed by atoms with Crippen LogP contribution in [0, 0.1) is 0 Å². The molecule has 0 heterocycles. The van der Waals surface area contributed by atoms with Crippen LogP contribution < -0.4 is 14.8 Å². The lowest BCUT2D eigenvalue weighted by atomic mass is 10.1. The minimum atomic E-state index is -0.0935. The van der Waals surface area contributed by atoms with E-state index in [-0.39, 0.29) is 12.5 Å². The maximum atomic E-state index is 11.9. The van der Waals surface area contributed by atoms with Gasteiger partial charge in [0.2, 0.25) is 0 Å². The smallest absolute Gasteiger partial charge is 0.257 e. The average Bonchev–Trinajstić information content (AvgIpc) is 3.08. The standard InChI is InChI=1S/C20H23NO3/c1-23-18-8-5-15(6-9-18)11-12-21-20(22)14-24-19-10-7-16-3-2-4-17(16)13-19/h5-10,13H,2-4,11-12,14H2,1H3,(H,21,22). The van der Waals surface area contributed by atoms with Crippen LogP contribution in [0.4, 0.5) is 0 Å². The summed E-state index contributed by atoms with van der Waals surface area (Å²) >= 11 is 0. The normalized spacial score (nSPS) is 12.5. The molecule has 0 aromatic heterocycles. The van der Waals surface area contributed by atoms with Crippen LogP contribution in [0.3, 0.4) is 0 Å². The molecule has 1 aliphatic carbocycles. The summed E-state index contributed by atoms with van der Waals surface area (Å²) in [6.45, 7) is 0.653. The van der Waals surface area contributed by atoms with Gasteiger partial charge < -0.3 is 14.8 Å². The molecule has 1 amide bonds. The first-order valence-electron chi connectivity index (χ1n) is 8.39. The molecule has 0 saturated heterocycles. The topological polar surface area (TPSA) is 47.6 Å². The number of fused-ring (bicyclic) bond motifs is 1. The number of carbonyl (C=O) groups is 1. The van der Waals surface area contributed by atoms with Gasteiger partial charge in [0.1, 0.15) is 11.5 Å². The Morgan fingerprint density at radius 2 is 1.79 bits per heavy atom. The van der Waals surface area contributed by atoms with E-state index in [1.807, 2.05) is 30.3 Å². The predicted molar refractivity (Wildman–Crippen MR) is 93.7 cm³/mol. The van der Waals surface area contributed by atoms with Gasteiger partial charge >= 0.3 is 0 Å². The van der Waals surface area contributed by atoms with Crippen molar-refractivity contribution in [1.29, 1.82) is 0 Å². The molecule has 0 atom stereocenters. The fourth-order valence-corrected chi connectivity index (χ4v) is 2.98. The Hall–Kier alpha value is -2.49. The van der Waals surface area contributed by atoms with Crippen molar-refractivity contribution in [2.75, 3.05) is 20.3 Å². The first-order chi connectivity index (χ1) is 11.7. The molecule has 4 heteroatoms. The highest BCUT2D eigenvalue weighted by Crippen LogP contribution is 2.25. The van der Waals surface area contributed by atoms with Crippen LogP contribution in [0.5, 0.6) is 11.5 Å². The van der Waals surface area contributed by atoms with Crippen LogP contribution in [-0.2, 0) is 24.1 Å². The van der Waals surface area contributed by atoms with Crippen molar-refractivity contribution in [3.63, 3.8) is 0 Å². The number of ether oxygens (including phenoxy) is 2. The molecule has 1 aliphatic rings. The quantitative estimate of drug-likeness (QED) is 0.851. The molecule has 0 saturated carbocycles. The highest BCUT2D eigenvalue weighted by atomic mass is 16.5. The van der Waals surface area contributed by atoms with E-state index in [1.165, 1.54) is 17.5 Å². The van der Waals surface area contributed by atoms with E-state index in [0.717, 1.165) is 36.3 Å². The number of rotatable bonds is 7. The second kappa shape index (κ2) is 7.86. The largest absolute Gasteiger partial charge is 0.497 e. The summed E-state index contributed by atoms with van der Waals surface area (Å²) in [5.74, 6) is 1.52. The summed E-state index contributed by atoms with van der Waals surface area (Å²) in [5, 5.41) is 2.89. The van der Waals surface area contributed by atoms with Crippen molar-refractivity contribution in [3.8, 4) is 11.5 Å². The van der Waals surface area contributed by atoms with Gasteiger partial charge in [0.15, 0.2) is 6.61 Å². The Morgan fingerprint density at radius 1 is 1.04 bits per heavy atom. The second-order valence-corrected chi connectivity index (χ2v) is 6.02. The summed E-state index contributed by atoms with van der Waals surface area (Å²) < 4.78 is 10.7. The predicted octanol–water partition coefficient (Wildman–Crippen LogP) is 2.92. The van der Waals surface area contributed by atoms with E-state index in [2.05, 4.69) is 17.4 Å². The zero-order valence-corrected chi connectivity index (χ0v) is 14.0. The molecule has 0 aliphatic heterocycles. The third kappa shape index (κ3) is 4.28. The number of amides is 1. The Morgan fingerprint density at radius 3 is 2.58 bits per heavy atom.